The maximum atomic E-state index is 13.1. The Morgan fingerprint density at radius 1 is 0.594 bits per heavy atom. The van der Waals surface area contributed by atoms with E-state index in [-0.39, 0.29) is 12.8 Å². The van der Waals surface area contributed by atoms with Gasteiger partial charge < -0.3 is 0 Å². The zero-order valence-electron chi connectivity index (χ0n) is 16.9. The molecule has 32 heavy (non-hydrogen) atoms. The van der Waals surface area contributed by atoms with Crippen LogP contribution < -0.4 is 10.6 Å². The van der Waals surface area contributed by atoms with Crippen LogP contribution in [0.3, 0.4) is 0 Å². The van der Waals surface area contributed by atoms with Gasteiger partial charge in [-0.25, -0.2) is 0 Å². The van der Waals surface area contributed by atoms with Crippen LogP contribution in [0.2, 0.25) is 0 Å². The summed E-state index contributed by atoms with van der Waals surface area (Å²) in [4.78, 5) is 0. The predicted octanol–water partition coefficient (Wildman–Crippen LogP) is 7.18. The third-order valence-corrected chi connectivity index (χ3v) is 7.01. The van der Waals surface area contributed by atoms with E-state index in [0.717, 1.165) is 8.95 Å². The lowest BCUT2D eigenvalue weighted by Crippen LogP contribution is -2.49. The van der Waals surface area contributed by atoms with Crippen molar-refractivity contribution in [1.29, 1.82) is 0 Å². The highest BCUT2D eigenvalue weighted by Gasteiger charge is 2.58. The molecule has 2 nitrogen and oxygen atoms in total. The monoisotopic (exact) mass is 586 g/mol. The van der Waals surface area contributed by atoms with Crippen LogP contribution in [0.15, 0.2) is 57.5 Å². The number of alkyl halides is 6. The van der Waals surface area contributed by atoms with Crippen molar-refractivity contribution in [2.24, 2.45) is 0 Å². The van der Waals surface area contributed by atoms with Gasteiger partial charge in [0.05, 0.1) is 0 Å². The molecule has 0 aromatic heterocycles. The zero-order valence-corrected chi connectivity index (χ0v) is 20.1. The second-order valence-corrected chi connectivity index (χ2v) is 9.71. The van der Waals surface area contributed by atoms with Crippen molar-refractivity contribution in [3.63, 3.8) is 0 Å². The number of hydrogen-bond donors (Lipinski definition) is 2. The molecule has 2 aliphatic heterocycles. The Labute approximate surface area is 199 Å². The maximum absolute atomic E-state index is 13.1. The molecule has 2 heterocycles. The van der Waals surface area contributed by atoms with Crippen LogP contribution in [-0.4, -0.2) is 25.4 Å². The molecule has 2 aliphatic rings. The molecule has 176 valence electrons. The molecule has 0 aliphatic carbocycles. The van der Waals surface area contributed by atoms with E-state index in [1.165, 1.54) is 24.3 Å². The van der Waals surface area contributed by atoms with Crippen molar-refractivity contribution < 1.29 is 26.3 Å². The summed E-state index contributed by atoms with van der Waals surface area (Å²) in [5.74, 6) is 0. The molecule has 0 bridgehead atoms. The topological polar surface area (TPSA) is 24.1 Å². The SMILES string of the molecule is FC(F)(F)[C@@]1(c2ccc(Br)cc2)CCCN1.FC(F)(F)[C@]1(c2ccc(Br)cc2)CCCN1. The molecule has 0 unspecified atom stereocenters. The average molecular weight is 588 g/mol. The van der Waals surface area contributed by atoms with E-state index < -0.39 is 23.4 Å². The molecular weight excluding hydrogens is 566 g/mol. The molecule has 4 rings (SSSR count). The average Bonchev–Trinajstić information content (AvgIpc) is 3.40. The Bertz CT molecular complexity index is 807. The first-order valence-electron chi connectivity index (χ1n) is 10.1. The first-order chi connectivity index (χ1) is 14.9. The summed E-state index contributed by atoms with van der Waals surface area (Å²) in [5, 5.41) is 5.21. The van der Waals surface area contributed by atoms with Crippen LogP contribution in [0.1, 0.15) is 36.8 Å². The molecule has 2 aromatic carbocycles. The third-order valence-electron chi connectivity index (χ3n) is 5.95. The molecular formula is C22H22Br2F6N2. The van der Waals surface area contributed by atoms with Crippen LogP contribution in [0.5, 0.6) is 0 Å². The number of rotatable bonds is 2. The summed E-state index contributed by atoms with van der Waals surface area (Å²) in [6, 6.07) is 12.7. The Morgan fingerprint density at radius 2 is 0.906 bits per heavy atom. The van der Waals surface area contributed by atoms with Gasteiger partial charge in [0.25, 0.3) is 0 Å². The second kappa shape index (κ2) is 9.64. The lowest BCUT2D eigenvalue weighted by atomic mass is 9.88. The third kappa shape index (κ3) is 5.03. The van der Waals surface area contributed by atoms with Crippen molar-refractivity contribution in [3.05, 3.63) is 68.6 Å². The van der Waals surface area contributed by atoms with Crippen molar-refractivity contribution in [2.75, 3.05) is 13.1 Å². The van der Waals surface area contributed by atoms with Gasteiger partial charge in [0.1, 0.15) is 11.1 Å². The summed E-state index contributed by atoms with van der Waals surface area (Å²) in [5.41, 5.74) is -3.12. The fourth-order valence-electron chi connectivity index (χ4n) is 4.26. The molecule has 0 saturated carbocycles. The van der Waals surface area contributed by atoms with Gasteiger partial charge in [-0.3, -0.25) is 10.6 Å². The molecule has 2 atom stereocenters. The molecule has 0 radical (unpaired) electrons. The summed E-state index contributed by atoms with van der Waals surface area (Å²) in [7, 11) is 0. The molecule has 2 saturated heterocycles. The maximum Gasteiger partial charge on any atom is 0.410 e. The Balaban J connectivity index is 0.000000181. The first-order valence-corrected chi connectivity index (χ1v) is 11.7. The minimum atomic E-state index is -4.25. The van der Waals surface area contributed by atoms with Crippen LogP contribution in [0.25, 0.3) is 0 Å². The van der Waals surface area contributed by atoms with Gasteiger partial charge >= 0.3 is 12.4 Å². The zero-order chi connectivity index (χ0) is 23.6. The van der Waals surface area contributed by atoms with E-state index >= 15 is 0 Å². The highest BCUT2D eigenvalue weighted by Crippen LogP contribution is 2.46. The van der Waals surface area contributed by atoms with Gasteiger partial charge in [0.2, 0.25) is 0 Å². The lowest BCUT2D eigenvalue weighted by Gasteiger charge is -2.32. The van der Waals surface area contributed by atoms with Gasteiger partial charge in [-0.2, -0.15) is 26.3 Å². The summed E-state index contributed by atoms with van der Waals surface area (Å²) in [6.45, 7) is 0.825. The Kier molecular flexibility index (Phi) is 7.69. The van der Waals surface area contributed by atoms with Crippen molar-refractivity contribution in [2.45, 2.75) is 49.1 Å². The summed E-state index contributed by atoms with van der Waals surface area (Å²) in [6.07, 6.45) is -7.18. The molecule has 0 spiro atoms. The Morgan fingerprint density at radius 3 is 1.12 bits per heavy atom. The minimum Gasteiger partial charge on any atom is -0.300 e. The van der Waals surface area contributed by atoms with Crippen molar-refractivity contribution in [3.8, 4) is 0 Å². The number of hydrogen-bond acceptors (Lipinski definition) is 2. The van der Waals surface area contributed by atoms with Crippen LogP contribution in [0.4, 0.5) is 26.3 Å². The minimum absolute atomic E-state index is 0.109. The quantitative estimate of drug-likeness (QED) is 0.364. The van der Waals surface area contributed by atoms with E-state index in [1.54, 1.807) is 24.3 Å². The first kappa shape index (κ1) is 25.5. The van der Waals surface area contributed by atoms with Gasteiger partial charge in [0, 0.05) is 8.95 Å². The van der Waals surface area contributed by atoms with E-state index in [9.17, 15) is 26.3 Å². The van der Waals surface area contributed by atoms with Crippen LogP contribution >= 0.6 is 31.9 Å². The van der Waals surface area contributed by atoms with Gasteiger partial charge in [-0.1, -0.05) is 56.1 Å². The van der Waals surface area contributed by atoms with Gasteiger partial charge in [-0.05, 0) is 74.2 Å². The van der Waals surface area contributed by atoms with Crippen molar-refractivity contribution >= 4 is 31.9 Å². The molecule has 2 fully saturated rings. The standard InChI is InChI=1S/2C11H11BrF3N/c2*12-9-4-2-8(3-5-9)10(11(13,14)15)6-1-7-16-10/h2*2-5,16H,1,6-7H2/t2*10-/m10/s1. The fourth-order valence-corrected chi connectivity index (χ4v) is 4.79. The number of halogens is 8. The normalized spacial score (nSPS) is 26.0. The summed E-state index contributed by atoms with van der Waals surface area (Å²) < 4.78 is 80.3. The van der Waals surface area contributed by atoms with Crippen LogP contribution in [-0.2, 0) is 11.1 Å². The molecule has 10 heteroatoms. The van der Waals surface area contributed by atoms with E-state index in [4.69, 9.17) is 0 Å². The summed E-state index contributed by atoms with van der Waals surface area (Å²) >= 11 is 6.44. The molecule has 2 N–H and O–H groups in total. The number of benzene rings is 2. The van der Waals surface area contributed by atoms with E-state index in [1.807, 2.05) is 0 Å². The van der Waals surface area contributed by atoms with Gasteiger partial charge in [0.15, 0.2) is 0 Å². The van der Waals surface area contributed by atoms with E-state index in [0.29, 0.717) is 37.1 Å². The highest BCUT2D eigenvalue weighted by atomic mass is 79.9. The van der Waals surface area contributed by atoms with Gasteiger partial charge in [-0.15, -0.1) is 0 Å². The smallest absolute Gasteiger partial charge is 0.300 e. The van der Waals surface area contributed by atoms with E-state index in [2.05, 4.69) is 42.5 Å². The Hall–Kier alpha value is -1.10. The lowest BCUT2D eigenvalue weighted by molar-refractivity contribution is -0.196. The largest absolute Gasteiger partial charge is 0.410 e. The number of nitrogens with one attached hydrogen (secondary N) is 2. The highest BCUT2D eigenvalue weighted by molar-refractivity contribution is 9.10. The second-order valence-electron chi connectivity index (χ2n) is 7.88. The fraction of sp³-hybridized carbons (Fsp3) is 0.455. The molecule has 0 amide bonds. The molecule has 2 aromatic rings. The van der Waals surface area contributed by atoms with Crippen LogP contribution in [0, 0.1) is 0 Å². The predicted molar refractivity (Wildman–Crippen MR) is 118 cm³/mol. The van der Waals surface area contributed by atoms with Crippen molar-refractivity contribution in [1.82, 2.24) is 10.6 Å².